The zero-order valence-corrected chi connectivity index (χ0v) is 12.8. The topological polar surface area (TPSA) is 9.23 Å². The summed E-state index contributed by atoms with van der Waals surface area (Å²) in [6, 6.07) is 6.40. The van der Waals surface area contributed by atoms with Crippen molar-refractivity contribution in [2.24, 2.45) is 0 Å². The maximum Gasteiger partial charge on any atom is 0.384 e. The zero-order chi connectivity index (χ0) is 21.3. The van der Waals surface area contributed by atoms with Crippen LogP contribution in [0.4, 0.5) is 52.7 Å². The first-order valence-corrected chi connectivity index (χ1v) is 6.87. The van der Waals surface area contributed by atoms with E-state index in [0.717, 1.165) is 12.1 Å². The molecule has 13 heteroatoms. The van der Waals surface area contributed by atoms with Gasteiger partial charge in [0.25, 0.3) is 0 Å². The van der Waals surface area contributed by atoms with Crippen molar-refractivity contribution in [3.63, 3.8) is 0 Å². The van der Waals surface area contributed by atoms with E-state index in [1.54, 1.807) is 0 Å². The van der Waals surface area contributed by atoms with Crippen molar-refractivity contribution in [3.8, 4) is 5.75 Å². The molecule has 0 N–H and O–H groups in total. The molecule has 0 bridgehead atoms. The Balaban J connectivity index is 3.05. The molecule has 0 aliphatic rings. The van der Waals surface area contributed by atoms with Crippen molar-refractivity contribution in [2.75, 3.05) is 6.61 Å². The van der Waals surface area contributed by atoms with Crippen LogP contribution in [0.25, 0.3) is 0 Å². The van der Waals surface area contributed by atoms with Crippen molar-refractivity contribution in [1.29, 1.82) is 0 Å². The van der Waals surface area contributed by atoms with Gasteiger partial charge in [-0.2, -0.15) is 43.9 Å². The Hall–Kier alpha value is -1.82. The fourth-order valence-electron chi connectivity index (χ4n) is 1.74. The van der Waals surface area contributed by atoms with E-state index in [1.807, 2.05) is 0 Å². The molecule has 0 saturated heterocycles. The van der Waals surface area contributed by atoms with Crippen LogP contribution in [0.2, 0.25) is 0 Å². The molecule has 0 spiro atoms. The standard InChI is InChI=1S/C14H10F12O/c15-9(16)11(19,20)13(23,24)14(25,26)12(21,22)10(17,18)6-7-27-8-4-2-1-3-5-8/h1-5,9H,6-7H2. The molecule has 1 aromatic rings. The lowest BCUT2D eigenvalue weighted by atomic mass is 9.93. The average Bonchev–Trinajstić information content (AvgIpc) is 2.54. The molecule has 0 atom stereocenters. The highest BCUT2D eigenvalue weighted by atomic mass is 19.4. The highest BCUT2D eigenvalue weighted by Crippen LogP contribution is 2.58. The number of ether oxygens (including phenoxy) is 1. The average molecular weight is 422 g/mol. The number of rotatable bonds is 9. The second-order valence-electron chi connectivity index (χ2n) is 5.26. The lowest BCUT2D eigenvalue weighted by Gasteiger charge is -2.39. The second-order valence-corrected chi connectivity index (χ2v) is 5.26. The molecule has 0 heterocycles. The van der Waals surface area contributed by atoms with Gasteiger partial charge in [-0.15, -0.1) is 0 Å². The fourth-order valence-corrected chi connectivity index (χ4v) is 1.74. The summed E-state index contributed by atoms with van der Waals surface area (Å²) in [6.45, 7) is -1.39. The van der Waals surface area contributed by atoms with Gasteiger partial charge in [0.2, 0.25) is 0 Å². The summed E-state index contributed by atoms with van der Waals surface area (Å²) in [6.07, 6.45) is -7.80. The van der Waals surface area contributed by atoms with Crippen LogP contribution in [-0.2, 0) is 0 Å². The number of para-hydroxylation sites is 1. The smallest absolute Gasteiger partial charge is 0.384 e. The summed E-state index contributed by atoms with van der Waals surface area (Å²) in [5.41, 5.74) is 0. The van der Waals surface area contributed by atoms with Gasteiger partial charge in [-0.3, -0.25) is 0 Å². The van der Waals surface area contributed by atoms with E-state index in [-0.39, 0.29) is 5.75 Å². The molecule has 0 saturated carbocycles. The van der Waals surface area contributed by atoms with Gasteiger partial charge in [-0.1, -0.05) is 18.2 Å². The van der Waals surface area contributed by atoms with Gasteiger partial charge in [-0.05, 0) is 12.1 Å². The van der Waals surface area contributed by atoms with Crippen LogP contribution in [-0.4, -0.2) is 42.6 Å². The Morgan fingerprint density at radius 2 is 1.19 bits per heavy atom. The van der Waals surface area contributed by atoms with Gasteiger partial charge in [0, 0.05) is 0 Å². The van der Waals surface area contributed by atoms with E-state index < -0.39 is 49.1 Å². The summed E-state index contributed by atoms with van der Waals surface area (Å²) < 4.78 is 160. The molecule has 0 unspecified atom stereocenters. The molecule has 156 valence electrons. The first-order chi connectivity index (χ1) is 12.0. The minimum absolute atomic E-state index is 0.169. The molecule has 0 aromatic heterocycles. The Labute approximate surface area is 143 Å². The third-order valence-corrected chi connectivity index (χ3v) is 3.37. The molecule has 1 aromatic carbocycles. The molecule has 0 aliphatic heterocycles. The highest BCUT2D eigenvalue weighted by Gasteiger charge is 2.87. The fraction of sp³-hybridized carbons (Fsp3) is 0.571. The lowest BCUT2D eigenvalue weighted by molar-refractivity contribution is -0.413. The van der Waals surface area contributed by atoms with Crippen molar-refractivity contribution in [2.45, 2.75) is 42.5 Å². The van der Waals surface area contributed by atoms with E-state index in [9.17, 15) is 52.7 Å². The van der Waals surface area contributed by atoms with Gasteiger partial charge in [0.15, 0.2) is 0 Å². The van der Waals surface area contributed by atoms with Gasteiger partial charge >= 0.3 is 36.0 Å². The predicted octanol–water partition coefficient (Wildman–Crippen LogP) is 5.90. The molecule has 1 nitrogen and oxygen atoms in total. The van der Waals surface area contributed by atoms with Crippen LogP contribution in [0.5, 0.6) is 5.75 Å². The largest absolute Gasteiger partial charge is 0.493 e. The second kappa shape index (κ2) is 7.30. The van der Waals surface area contributed by atoms with Crippen LogP contribution in [0.1, 0.15) is 6.42 Å². The summed E-state index contributed by atoms with van der Waals surface area (Å²) in [7, 11) is 0. The lowest BCUT2D eigenvalue weighted by Crippen LogP contribution is -2.68. The molecule has 1 rings (SSSR count). The van der Waals surface area contributed by atoms with Crippen LogP contribution in [0.15, 0.2) is 30.3 Å². The Morgan fingerprint density at radius 3 is 1.63 bits per heavy atom. The molecule has 0 aliphatic carbocycles. The van der Waals surface area contributed by atoms with Gasteiger partial charge < -0.3 is 4.74 Å². The van der Waals surface area contributed by atoms with Crippen molar-refractivity contribution < 1.29 is 57.4 Å². The summed E-state index contributed by atoms with van der Waals surface area (Å²) >= 11 is 0. The predicted molar refractivity (Wildman–Crippen MR) is 67.3 cm³/mol. The number of hydrogen-bond acceptors (Lipinski definition) is 1. The van der Waals surface area contributed by atoms with Gasteiger partial charge in [-0.25, -0.2) is 8.78 Å². The van der Waals surface area contributed by atoms with E-state index in [4.69, 9.17) is 0 Å². The molecule has 27 heavy (non-hydrogen) atoms. The maximum absolute atomic E-state index is 13.4. The SMILES string of the molecule is FC(F)C(F)(F)C(F)(F)C(F)(F)C(F)(F)C(F)(F)CCOc1ccccc1. The van der Waals surface area contributed by atoms with E-state index >= 15 is 0 Å². The highest BCUT2D eigenvalue weighted by molar-refractivity contribution is 5.21. The van der Waals surface area contributed by atoms with E-state index in [2.05, 4.69) is 4.74 Å². The van der Waals surface area contributed by atoms with Gasteiger partial charge in [0.05, 0.1) is 13.0 Å². The molecule has 0 amide bonds. The van der Waals surface area contributed by atoms with E-state index in [1.165, 1.54) is 18.2 Å². The zero-order valence-electron chi connectivity index (χ0n) is 12.8. The van der Waals surface area contributed by atoms with Crippen LogP contribution in [0, 0.1) is 0 Å². The van der Waals surface area contributed by atoms with Crippen LogP contribution >= 0.6 is 0 Å². The van der Waals surface area contributed by atoms with Gasteiger partial charge in [0.1, 0.15) is 5.75 Å². The number of alkyl halides is 12. The molecule has 0 radical (unpaired) electrons. The van der Waals surface area contributed by atoms with Crippen LogP contribution in [0.3, 0.4) is 0 Å². The Morgan fingerprint density at radius 1 is 0.704 bits per heavy atom. The van der Waals surface area contributed by atoms with Crippen molar-refractivity contribution >= 4 is 0 Å². The maximum atomic E-state index is 13.4. The monoisotopic (exact) mass is 422 g/mol. The molecule has 0 fully saturated rings. The number of hydrogen-bond donors (Lipinski definition) is 0. The number of halogens is 12. The third-order valence-electron chi connectivity index (χ3n) is 3.37. The van der Waals surface area contributed by atoms with Crippen molar-refractivity contribution in [1.82, 2.24) is 0 Å². The van der Waals surface area contributed by atoms with Crippen LogP contribution < -0.4 is 4.74 Å². The minimum atomic E-state index is -7.50. The van der Waals surface area contributed by atoms with E-state index in [0.29, 0.717) is 0 Å². The normalized spacial score (nSPS) is 14.6. The Kier molecular flexibility index (Phi) is 6.28. The first kappa shape index (κ1) is 23.2. The molecular weight excluding hydrogens is 412 g/mol. The van der Waals surface area contributed by atoms with Crippen molar-refractivity contribution in [3.05, 3.63) is 30.3 Å². The third kappa shape index (κ3) is 3.91. The molecular formula is C14H10F12O. The number of benzene rings is 1. The minimum Gasteiger partial charge on any atom is -0.493 e. The first-order valence-electron chi connectivity index (χ1n) is 6.87. The summed E-state index contributed by atoms with van der Waals surface area (Å²) in [4.78, 5) is 0. The quantitative estimate of drug-likeness (QED) is 0.451. The summed E-state index contributed by atoms with van der Waals surface area (Å²) in [5.74, 6) is -35.2. The Bertz CT molecular complexity index is 614. The summed E-state index contributed by atoms with van der Waals surface area (Å²) in [5, 5.41) is 0.